The molecule has 2 aromatic carbocycles. The topological polar surface area (TPSA) is 30.2 Å². The summed E-state index contributed by atoms with van der Waals surface area (Å²) in [6, 6.07) is 13.4. The first-order valence-corrected chi connectivity index (χ1v) is 5.94. The van der Waals surface area contributed by atoms with Crippen molar-refractivity contribution >= 4 is 16.8 Å². The summed E-state index contributed by atoms with van der Waals surface area (Å²) < 4.78 is 18.8. The summed E-state index contributed by atoms with van der Waals surface area (Å²) in [5, 5.41) is 0.727. The molecule has 1 aromatic heterocycles. The van der Waals surface area contributed by atoms with Crippen molar-refractivity contribution in [1.29, 1.82) is 0 Å². The smallest absolute Gasteiger partial charge is 0.159 e. The molecule has 1 heterocycles. The number of ketones is 1. The van der Waals surface area contributed by atoms with Crippen LogP contribution in [0.2, 0.25) is 0 Å². The Balaban J connectivity index is 2.06. The van der Waals surface area contributed by atoms with Gasteiger partial charge in [-0.25, -0.2) is 4.39 Å². The maximum absolute atomic E-state index is 13.1. The summed E-state index contributed by atoms with van der Waals surface area (Å²) >= 11 is 0. The third-order valence-corrected chi connectivity index (χ3v) is 3.05. The highest BCUT2D eigenvalue weighted by atomic mass is 19.1. The molecule has 0 spiro atoms. The van der Waals surface area contributed by atoms with Crippen molar-refractivity contribution in [3.05, 3.63) is 59.9 Å². The fourth-order valence-corrected chi connectivity index (χ4v) is 2.03. The Morgan fingerprint density at radius 1 is 1.05 bits per heavy atom. The first kappa shape index (κ1) is 11.7. The van der Waals surface area contributed by atoms with Gasteiger partial charge in [0.05, 0.1) is 0 Å². The molecule has 0 radical (unpaired) electrons. The summed E-state index contributed by atoms with van der Waals surface area (Å²) in [7, 11) is 0. The molecule has 0 amide bonds. The van der Waals surface area contributed by atoms with Gasteiger partial charge in [-0.2, -0.15) is 0 Å². The highest BCUT2D eigenvalue weighted by molar-refractivity contribution is 5.94. The number of benzene rings is 2. The van der Waals surface area contributed by atoms with E-state index in [1.165, 1.54) is 19.1 Å². The van der Waals surface area contributed by atoms with Gasteiger partial charge in [-0.05, 0) is 31.2 Å². The molecule has 0 unspecified atom stereocenters. The van der Waals surface area contributed by atoms with E-state index in [0.29, 0.717) is 16.9 Å². The van der Waals surface area contributed by atoms with Crippen LogP contribution in [0.5, 0.6) is 0 Å². The number of halogens is 1. The predicted octanol–water partition coefficient (Wildman–Crippen LogP) is 4.44. The molecule has 94 valence electrons. The number of hydrogen-bond donors (Lipinski definition) is 0. The van der Waals surface area contributed by atoms with Crippen LogP contribution in [0.3, 0.4) is 0 Å². The van der Waals surface area contributed by atoms with Gasteiger partial charge in [-0.3, -0.25) is 4.79 Å². The highest BCUT2D eigenvalue weighted by Gasteiger charge is 2.07. The molecule has 0 saturated carbocycles. The number of Topliss-reactive ketones (excluding diaryl/α,β-unsaturated/α-hetero) is 1. The summed E-state index contributed by atoms with van der Waals surface area (Å²) in [5.41, 5.74) is 2.17. The first-order valence-electron chi connectivity index (χ1n) is 5.94. The lowest BCUT2D eigenvalue weighted by atomic mass is 10.1. The number of carbonyl (C=O) groups excluding carboxylic acids is 1. The second-order valence-electron chi connectivity index (χ2n) is 4.43. The van der Waals surface area contributed by atoms with Gasteiger partial charge >= 0.3 is 0 Å². The molecular weight excluding hydrogens is 243 g/mol. The second-order valence-corrected chi connectivity index (χ2v) is 4.43. The van der Waals surface area contributed by atoms with E-state index in [4.69, 9.17) is 4.42 Å². The largest absolute Gasteiger partial charge is 0.456 e. The van der Waals surface area contributed by atoms with Gasteiger partial charge < -0.3 is 4.42 Å². The van der Waals surface area contributed by atoms with Crippen LogP contribution in [-0.4, -0.2) is 5.78 Å². The molecule has 3 aromatic rings. The maximum Gasteiger partial charge on any atom is 0.159 e. The molecule has 2 nitrogen and oxygen atoms in total. The standard InChI is InChI=1S/C16H11FO2/c1-10(18)11-2-4-12(5-3-11)16-9-13-8-14(17)6-7-15(13)19-16/h2-9H,1H3. The minimum absolute atomic E-state index is 0.0261. The Morgan fingerprint density at radius 3 is 2.47 bits per heavy atom. The van der Waals surface area contributed by atoms with E-state index in [2.05, 4.69) is 0 Å². The molecule has 0 aliphatic carbocycles. The number of furan rings is 1. The average molecular weight is 254 g/mol. The Labute approximate surface area is 109 Å². The van der Waals surface area contributed by atoms with Gasteiger partial charge in [0, 0.05) is 16.5 Å². The molecule has 0 aliphatic rings. The predicted molar refractivity (Wildman–Crippen MR) is 71.6 cm³/mol. The van der Waals surface area contributed by atoms with Crippen molar-refractivity contribution in [2.75, 3.05) is 0 Å². The third kappa shape index (κ3) is 2.15. The quantitative estimate of drug-likeness (QED) is 0.633. The molecule has 0 bridgehead atoms. The summed E-state index contributed by atoms with van der Waals surface area (Å²) in [4.78, 5) is 11.2. The van der Waals surface area contributed by atoms with E-state index in [-0.39, 0.29) is 11.6 Å². The fraction of sp³-hybridized carbons (Fsp3) is 0.0625. The van der Waals surface area contributed by atoms with Crippen molar-refractivity contribution in [3.8, 4) is 11.3 Å². The van der Waals surface area contributed by atoms with Crippen LogP contribution in [0.1, 0.15) is 17.3 Å². The number of fused-ring (bicyclic) bond motifs is 1. The van der Waals surface area contributed by atoms with E-state index < -0.39 is 0 Å². The molecule has 0 aliphatic heterocycles. The fourth-order valence-electron chi connectivity index (χ4n) is 2.03. The number of carbonyl (C=O) groups is 1. The average Bonchev–Trinajstić information content (AvgIpc) is 2.81. The lowest BCUT2D eigenvalue weighted by molar-refractivity contribution is 0.101. The molecule has 19 heavy (non-hydrogen) atoms. The monoisotopic (exact) mass is 254 g/mol. The lowest BCUT2D eigenvalue weighted by Gasteiger charge is -1.98. The van der Waals surface area contributed by atoms with Gasteiger partial charge in [0.15, 0.2) is 5.78 Å². The van der Waals surface area contributed by atoms with Crippen molar-refractivity contribution in [2.45, 2.75) is 6.92 Å². The zero-order chi connectivity index (χ0) is 13.4. The SMILES string of the molecule is CC(=O)c1ccc(-c2cc3cc(F)ccc3o2)cc1. The third-order valence-electron chi connectivity index (χ3n) is 3.05. The van der Waals surface area contributed by atoms with Crippen LogP contribution in [0.15, 0.2) is 52.9 Å². The lowest BCUT2D eigenvalue weighted by Crippen LogP contribution is -1.90. The van der Waals surface area contributed by atoms with Gasteiger partial charge in [0.25, 0.3) is 0 Å². The van der Waals surface area contributed by atoms with Crippen LogP contribution in [-0.2, 0) is 0 Å². The molecule has 0 fully saturated rings. The summed E-state index contributed by atoms with van der Waals surface area (Å²) in [6.07, 6.45) is 0. The minimum atomic E-state index is -0.285. The zero-order valence-electron chi connectivity index (χ0n) is 10.3. The maximum atomic E-state index is 13.1. The van der Waals surface area contributed by atoms with E-state index >= 15 is 0 Å². The molecule has 3 heteroatoms. The van der Waals surface area contributed by atoms with Crippen LogP contribution >= 0.6 is 0 Å². The summed E-state index contributed by atoms with van der Waals surface area (Å²) in [5.74, 6) is 0.403. The van der Waals surface area contributed by atoms with Crippen molar-refractivity contribution in [2.24, 2.45) is 0 Å². The van der Waals surface area contributed by atoms with E-state index in [0.717, 1.165) is 10.9 Å². The Kier molecular flexibility index (Phi) is 2.67. The molecule has 0 N–H and O–H groups in total. The highest BCUT2D eigenvalue weighted by Crippen LogP contribution is 2.28. The zero-order valence-corrected chi connectivity index (χ0v) is 10.3. The van der Waals surface area contributed by atoms with E-state index in [1.54, 1.807) is 24.3 Å². The Hall–Kier alpha value is -2.42. The first-order chi connectivity index (χ1) is 9.13. The summed E-state index contributed by atoms with van der Waals surface area (Å²) in [6.45, 7) is 1.53. The normalized spacial score (nSPS) is 10.8. The molecular formula is C16H11FO2. The van der Waals surface area contributed by atoms with Crippen LogP contribution < -0.4 is 0 Å². The van der Waals surface area contributed by atoms with Crippen molar-refractivity contribution < 1.29 is 13.6 Å². The van der Waals surface area contributed by atoms with Crippen molar-refractivity contribution in [1.82, 2.24) is 0 Å². The Bertz CT molecular complexity index is 754. The molecule has 0 saturated heterocycles. The molecule has 0 atom stereocenters. The Morgan fingerprint density at radius 2 is 1.79 bits per heavy atom. The second kappa shape index (κ2) is 4.35. The van der Waals surface area contributed by atoms with Gasteiger partial charge in [0.2, 0.25) is 0 Å². The van der Waals surface area contributed by atoms with E-state index in [9.17, 15) is 9.18 Å². The van der Waals surface area contributed by atoms with Crippen molar-refractivity contribution in [3.63, 3.8) is 0 Å². The minimum Gasteiger partial charge on any atom is -0.456 e. The van der Waals surface area contributed by atoms with Crippen LogP contribution in [0.25, 0.3) is 22.3 Å². The number of hydrogen-bond acceptors (Lipinski definition) is 2. The number of rotatable bonds is 2. The van der Waals surface area contributed by atoms with E-state index in [1.807, 2.05) is 12.1 Å². The van der Waals surface area contributed by atoms with Crippen LogP contribution in [0, 0.1) is 5.82 Å². The van der Waals surface area contributed by atoms with Gasteiger partial charge in [-0.15, -0.1) is 0 Å². The van der Waals surface area contributed by atoms with Gasteiger partial charge in [-0.1, -0.05) is 24.3 Å². The van der Waals surface area contributed by atoms with Crippen LogP contribution in [0.4, 0.5) is 4.39 Å². The van der Waals surface area contributed by atoms with Gasteiger partial charge in [0.1, 0.15) is 17.2 Å². The molecule has 3 rings (SSSR count).